The molecular weight excluding hydrogens is 420 g/mol. The van der Waals surface area contributed by atoms with E-state index in [0.717, 1.165) is 41.7 Å². The zero-order valence-corrected chi connectivity index (χ0v) is 18.9. The molecule has 2 aliphatic carbocycles. The summed E-state index contributed by atoms with van der Waals surface area (Å²) in [6, 6.07) is 29.8. The molecule has 34 heavy (non-hydrogen) atoms. The number of allylic oxidation sites excluding steroid dienone is 1. The van der Waals surface area contributed by atoms with Crippen LogP contribution < -0.4 is 4.74 Å². The largest absolute Gasteiger partial charge is 0.508 e. The zero-order chi connectivity index (χ0) is 23.1. The van der Waals surface area contributed by atoms with Crippen LogP contribution in [0.4, 0.5) is 0 Å². The summed E-state index contributed by atoms with van der Waals surface area (Å²) in [5, 5.41) is 20.4. The van der Waals surface area contributed by atoms with Crippen LogP contribution >= 0.6 is 0 Å². The zero-order valence-electron chi connectivity index (χ0n) is 18.9. The highest BCUT2D eigenvalue weighted by Crippen LogP contribution is 2.56. The lowest BCUT2D eigenvalue weighted by Gasteiger charge is -2.26. The van der Waals surface area contributed by atoms with Crippen molar-refractivity contribution < 1.29 is 14.9 Å². The van der Waals surface area contributed by atoms with Gasteiger partial charge in [-0.2, -0.15) is 0 Å². The molecule has 1 spiro atoms. The quantitative estimate of drug-likeness (QED) is 0.373. The minimum absolute atomic E-state index is 0.0984. The molecule has 2 aliphatic rings. The molecule has 0 radical (unpaired) electrons. The van der Waals surface area contributed by atoms with Gasteiger partial charge in [0.2, 0.25) is 0 Å². The van der Waals surface area contributed by atoms with Crippen LogP contribution in [0.25, 0.3) is 11.6 Å². The van der Waals surface area contributed by atoms with Crippen molar-refractivity contribution in [2.45, 2.75) is 25.9 Å². The Morgan fingerprint density at radius 1 is 0.706 bits per heavy atom. The predicted octanol–water partition coefficient (Wildman–Crippen LogP) is 6.56. The summed E-state index contributed by atoms with van der Waals surface area (Å²) in [6.07, 6.45) is 4.94. The van der Waals surface area contributed by atoms with E-state index in [1.54, 1.807) is 12.1 Å². The summed E-state index contributed by atoms with van der Waals surface area (Å²) < 4.78 is 6.25. The first-order valence-electron chi connectivity index (χ1n) is 11.7. The summed E-state index contributed by atoms with van der Waals surface area (Å²) in [7, 11) is 0. The summed E-state index contributed by atoms with van der Waals surface area (Å²) >= 11 is 0. The fraction of sp³-hybridized carbons (Fsp3) is 0.161. The molecule has 0 saturated heterocycles. The first-order chi connectivity index (χ1) is 16.6. The Hall–Kier alpha value is -3.98. The normalized spacial score (nSPS) is 19.4. The van der Waals surface area contributed by atoms with Crippen LogP contribution in [-0.2, 0) is 25.9 Å². The lowest BCUT2D eigenvalue weighted by atomic mass is 9.77. The Morgan fingerprint density at radius 2 is 1.38 bits per heavy atom. The van der Waals surface area contributed by atoms with Gasteiger partial charge in [0.15, 0.2) is 0 Å². The second kappa shape index (κ2) is 8.11. The fourth-order valence-corrected chi connectivity index (χ4v) is 5.62. The maximum Gasteiger partial charge on any atom is 0.127 e. The van der Waals surface area contributed by atoms with E-state index in [0.29, 0.717) is 12.4 Å². The van der Waals surface area contributed by atoms with Crippen molar-refractivity contribution in [3.8, 4) is 17.2 Å². The van der Waals surface area contributed by atoms with Gasteiger partial charge in [0.25, 0.3) is 0 Å². The van der Waals surface area contributed by atoms with Gasteiger partial charge in [-0.25, -0.2) is 0 Å². The highest BCUT2D eigenvalue weighted by molar-refractivity contribution is 5.91. The molecule has 0 fully saturated rings. The molecule has 168 valence electrons. The molecule has 2 N–H and O–H groups in total. The molecule has 1 atom stereocenters. The lowest BCUT2D eigenvalue weighted by Crippen LogP contribution is -2.20. The SMILES string of the molecule is Oc1ccc2c(c1)CC1(C2)Cc2ccc(O)cc2/C1=C\c1ccccc1OCc1ccccc1. The van der Waals surface area contributed by atoms with Gasteiger partial charge in [-0.15, -0.1) is 0 Å². The van der Waals surface area contributed by atoms with Crippen molar-refractivity contribution in [3.05, 3.63) is 124 Å². The maximum absolute atomic E-state index is 10.3. The minimum atomic E-state index is -0.0984. The van der Waals surface area contributed by atoms with Crippen LogP contribution in [-0.4, -0.2) is 10.2 Å². The molecule has 0 aromatic heterocycles. The van der Waals surface area contributed by atoms with Crippen LogP contribution in [0.1, 0.15) is 33.4 Å². The topological polar surface area (TPSA) is 49.7 Å². The van der Waals surface area contributed by atoms with Gasteiger partial charge in [0, 0.05) is 11.0 Å². The summed E-state index contributed by atoms with van der Waals surface area (Å²) in [5.74, 6) is 1.44. The second-order valence-corrected chi connectivity index (χ2v) is 9.48. The highest BCUT2D eigenvalue weighted by Gasteiger charge is 2.46. The Morgan fingerprint density at radius 3 is 2.24 bits per heavy atom. The van der Waals surface area contributed by atoms with E-state index in [1.807, 2.05) is 54.6 Å². The van der Waals surface area contributed by atoms with Crippen LogP contribution in [0.2, 0.25) is 0 Å². The number of rotatable bonds is 4. The van der Waals surface area contributed by atoms with Gasteiger partial charge in [-0.1, -0.05) is 60.7 Å². The van der Waals surface area contributed by atoms with Gasteiger partial charge < -0.3 is 14.9 Å². The number of benzene rings is 4. The van der Waals surface area contributed by atoms with Gasteiger partial charge in [-0.3, -0.25) is 0 Å². The molecule has 4 aromatic rings. The van der Waals surface area contributed by atoms with Gasteiger partial charge in [-0.05, 0) is 89.1 Å². The number of hydrogen-bond acceptors (Lipinski definition) is 3. The first kappa shape index (κ1) is 20.6. The molecule has 3 heteroatoms. The third-order valence-electron chi connectivity index (χ3n) is 7.19. The minimum Gasteiger partial charge on any atom is -0.508 e. The smallest absolute Gasteiger partial charge is 0.127 e. The van der Waals surface area contributed by atoms with Crippen LogP contribution in [0.3, 0.4) is 0 Å². The molecular formula is C31H26O3. The third kappa shape index (κ3) is 3.63. The molecule has 1 unspecified atom stereocenters. The molecule has 4 aromatic carbocycles. The van der Waals surface area contributed by atoms with Crippen molar-refractivity contribution in [1.82, 2.24) is 0 Å². The predicted molar refractivity (Wildman–Crippen MR) is 135 cm³/mol. The van der Waals surface area contributed by atoms with E-state index in [-0.39, 0.29) is 11.2 Å². The number of phenols is 2. The summed E-state index contributed by atoms with van der Waals surface area (Å²) in [4.78, 5) is 0. The second-order valence-electron chi connectivity index (χ2n) is 9.48. The van der Waals surface area contributed by atoms with Crippen LogP contribution in [0.15, 0.2) is 91.0 Å². The molecule has 0 aliphatic heterocycles. The average molecular weight is 447 g/mol. The Labute approximate surface area is 199 Å². The van der Waals surface area contributed by atoms with E-state index >= 15 is 0 Å². The number of fused-ring (bicyclic) bond motifs is 2. The summed E-state index contributed by atoms with van der Waals surface area (Å²) in [5.41, 5.74) is 8.14. The highest BCUT2D eigenvalue weighted by atomic mass is 16.5. The Kier molecular flexibility index (Phi) is 4.91. The van der Waals surface area contributed by atoms with E-state index in [4.69, 9.17) is 4.74 Å². The van der Waals surface area contributed by atoms with E-state index in [2.05, 4.69) is 30.3 Å². The van der Waals surface area contributed by atoms with Crippen molar-refractivity contribution in [2.24, 2.45) is 5.41 Å². The Bertz CT molecular complexity index is 1400. The van der Waals surface area contributed by atoms with Crippen molar-refractivity contribution >= 4 is 11.6 Å². The van der Waals surface area contributed by atoms with Crippen LogP contribution in [0.5, 0.6) is 17.2 Å². The number of para-hydroxylation sites is 1. The lowest BCUT2D eigenvalue weighted by molar-refractivity contribution is 0.305. The molecule has 0 saturated carbocycles. The molecule has 0 bridgehead atoms. The van der Waals surface area contributed by atoms with E-state index < -0.39 is 0 Å². The number of hydrogen-bond donors (Lipinski definition) is 2. The molecule has 0 heterocycles. The number of phenolic OH excluding ortho intramolecular Hbond substituents is 2. The van der Waals surface area contributed by atoms with Crippen molar-refractivity contribution in [3.63, 3.8) is 0 Å². The monoisotopic (exact) mass is 446 g/mol. The number of aromatic hydroxyl groups is 2. The van der Waals surface area contributed by atoms with Gasteiger partial charge in [0.1, 0.15) is 23.9 Å². The third-order valence-corrected chi connectivity index (χ3v) is 7.19. The van der Waals surface area contributed by atoms with Gasteiger partial charge >= 0.3 is 0 Å². The molecule has 0 amide bonds. The Balaban J connectivity index is 1.42. The molecule has 3 nitrogen and oxygen atoms in total. The summed E-state index contributed by atoms with van der Waals surface area (Å²) in [6.45, 7) is 0.508. The van der Waals surface area contributed by atoms with Crippen molar-refractivity contribution in [2.75, 3.05) is 0 Å². The average Bonchev–Trinajstić information content (AvgIpc) is 3.35. The number of ether oxygens (including phenoxy) is 1. The first-order valence-corrected chi connectivity index (χ1v) is 11.7. The fourth-order valence-electron chi connectivity index (χ4n) is 5.62. The van der Waals surface area contributed by atoms with Crippen molar-refractivity contribution in [1.29, 1.82) is 0 Å². The van der Waals surface area contributed by atoms with Crippen LogP contribution in [0, 0.1) is 5.41 Å². The standard InChI is InChI=1S/C31H26O3/c32-26-12-10-23-17-31(19-25(23)14-26)18-24-11-13-27(33)16-28(24)29(31)15-22-8-4-5-9-30(22)34-20-21-6-2-1-3-7-21/h1-16,32-33H,17-20H2/b29-15+. The maximum atomic E-state index is 10.3. The van der Waals surface area contributed by atoms with Gasteiger partial charge in [0.05, 0.1) is 0 Å². The molecule has 6 rings (SSSR count). The van der Waals surface area contributed by atoms with E-state index in [9.17, 15) is 10.2 Å². The van der Waals surface area contributed by atoms with E-state index in [1.165, 1.54) is 22.3 Å².